The van der Waals surface area contributed by atoms with Crippen molar-refractivity contribution < 1.29 is 7.85 Å². The van der Waals surface area contributed by atoms with Gasteiger partial charge in [0.25, 0.3) is 0 Å². The largest absolute Gasteiger partial charge is 0.389 e. The zero-order chi connectivity index (χ0) is 8.33. The number of hydrogen-bond donors (Lipinski definition) is 1. The quantitative estimate of drug-likeness (QED) is 0.526. The summed E-state index contributed by atoms with van der Waals surface area (Å²) < 4.78 is 15.2. The maximum absolute atomic E-state index is 9.86. The molecule has 0 saturated heterocycles. The molecule has 1 nitrogen and oxygen atoms in total. The number of aliphatic hydroxyl groups is 1. The van der Waals surface area contributed by atoms with Crippen LogP contribution in [0.1, 0.15) is 41.7 Å². The second-order valence-electron chi connectivity index (χ2n) is 3.52. The van der Waals surface area contributed by atoms with Crippen molar-refractivity contribution in [1.29, 1.82) is 0 Å². The molecule has 0 aliphatic heterocycles. The lowest BCUT2D eigenvalue weighted by molar-refractivity contribution is 0.0698. The Labute approximate surface area is 58.9 Å². The molecule has 1 heteroatoms. The van der Waals surface area contributed by atoms with E-state index in [0.717, 1.165) is 19.3 Å². The van der Waals surface area contributed by atoms with Crippen LogP contribution in [0.15, 0.2) is 0 Å². The predicted octanol–water partition coefficient (Wildman–Crippen LogP) is 1.70. The van der Waals surface area contributed by atoms with E-state index in [0.29, 0.717) is 6.42 Å². The van der Waals surface area contributed by atoms with E-state index in [4.69, 9.17) is 2.74 Å². The second kappa shape index (κ2) is 1.34. The molecule has 2 rings (SSSR count). The molecule has 0 unspecified atom stereocenters. The SMILES string of the molecule is [2H]C1([2H])[C@]2(C)CCCC[C@]12O. The molecule has 2 atom stereocenters. The minimum absolute atomic E-state index is 0.432. The monoisotopic (exact) mass is 128 g/mol. The molecule has 0 bridgehead atoms. The standard InChI is InChI=1S/C8H14O/c1-7-4-2-3-5-8(7,9)6-7/h9H,2-6H2,1H3/t7-,8-/m0/s1/i6D2. The normalized spacial score (nSPS) is 65.6. The highest BCUT2D eigenvalue weighted by Gasteiger charge is 2.63. The van der Waals surface area contributed by atoms with Gasteiger partial charge in [-0.25, -0.2) is 0 Å². The molecule has 0 aromatic heterocycles. The van der Waals surface area contributed by atoms with Gasteiger partial charge in [0.15, 0.2) is 0 Å². The second-order valence-corrected chi connectivity index (χ2v) is 3.52. The summed E-state index contributed by atoms with van der Waals surface area (Å²) in [6, 6.07) is 0. The van der Waals surface area contributed by atoms with Gasteiger partial charge in [0.2, 0.25) is 0 Å². The van der Waals surface area contributed by atoms with Gasteiger partial charge in [0.1, 0.15) is 0 Å². The third kappa shape index (κ3) is 0.586. The molecule has 0 amide bonds. The third-order valence-electron chi connectivity index (χ3n) is 2.80. The summed E-state index contributed by atoms with van der Waals surface area (Å²) in [5, 5.41) is 9.86. The van der Waals surface area contributed by atoms with Crippen molar-refractivity contribution in [1.82, 2.24) is 0 Å². The summed E-state index contributed by atoms with van der Waals surface area (Å²) >= 11 is 0. The zero-order valence-electron chi connectivity index (χ0n) is 7.78. The number of hydrogen-bond acceptors (Lipinski definition) is 1. The van der Waals surface area contributed by atoms with E-state index in [9.17, 15) is 5.11 Å². The third-order valence-corrected chi connectivity index (χ3v) is 2.80. The van der Waals surface area contributed by atoms with E-state index in [1.54, 1.807) is 0 Å². The van der Waals surface area contributed by atoms with Gasteiger partial charge in [-0.1, -0.05) is 19.8 Å². The molecule has 2 aliphatic rings. The van der Waals surface area contributed by atoms with E-state index in [1.807, 2.05) is 6.92 Å². The van der Waals surface area contributed by atoms with E-state index in [1.165, 1.54) is 0 Å². The zero-order valence-corrected chi connectivity index (χ0v) is 5.78. The first-order chi connectivity index (χ1) is 4.96. The van der Waals surface area contributed by atoms with Gasteiger partial charge in [-0.05, 0) is 24.6 Å². The molecule has 2 saturated carbocycles. The van der Waals surface area contributed by atoms with Crippen LogP contribution in [0.5, 0.6) is 0 Å². The van der Waals surface area contributed by atoms with Gasteiger partial charge < -0.3 is 5.11 Å². The summed E-state index contributed by atoms with van der Waals surface area (Å²) in [6.45, 7) is 1.87. The molecule has 1 N–H and O–H groups in total. The first kappa shape index (κ1) is 3.97. The fourth-order valence-electron chi connectivity index (χ4n) is 1.89. The van der Waals surface area contributed by atoms with E-state index in [-0.39, 0.29) is 0 Å². The number of rotatable bonds is 0. The van der Waals surface area contributed by atoms with E-state index in [2.05, 4.69) is 0 Å². The lowest BCUT2D eigenvalue weighted by Gasteiger charge is -2.22. The van der Waals surface area contributed by atoms with E-state index < -0.39 is 17.4 Å². The summed E-state index contributed by atoms with van der Waals surface area (Å²) in [4.78, 5) is 0. The van der Waals surface area contributed by atoms with Gasteiger partial charge in [-0.15, -0.1) is 0 Å². The Hall–Kier alpha value is -0.0400. The molecule has 9 heavy (non-hydrogen) atoms. The average Bonchev–Trinajstić information content (AvgIpc) is 2.28. The van der Waals surface area contributed by atoms with Gasteiger partial charge in [-0.3, -0.25) is 0 Å². The Bertz CT molecular complexity index is 184. The van der Waals surface area contributed by atoms with Crippen molar-refractivity contribution in [3.05, 3.63) is 0 Å². The molecule has 0 spiro atoms. The Morgan fingerprint density at radius 1 is 1.44 bits per heavy atom. The summed E-state index contributed by atoms with van der Waals surface area (Å²) in [7, 11) is 0. The Morgan fingerprint density at radius 3 is 2.56 bits per heavy atom. The molecule has 2 fully saturated rings. The molecule has 0 aromatic rings. The van der Waals surface area contributed by atoms with Crippen LogP contribution in [0.2, 0.25) is 0 Å². The van der Waals surface area contributed by atoms with Gasteiger partial charge in [0, 0.05) is 2.74 Å². The van der Waals surface area contributed by atoms with Gasteiger partial charge in [-0.2, -0.15) is 0 Å². The van der Waals surface area contributed by atoms with Crippen molar-refractivity contribution in [3.8, 4) is 0 Å². The van der Waals surface area contributed by atoms with Crippen molar-refractivity contribution in [2.75, 3.05) is 0 Å². The van der Waals surface area contributed by atoms with Gasteiger partial charge in [0.05, 0.1) is 5.60 Å². The van der Waals surface area contributed by atoms with Crippen LogP contribution in [0.4, 0.5) is 0 Å². The van der Waals surface area contributed by atoms with Crippen LogP contribution in [0, 0.1) is 5.41 Å². The van der Waals surface area contributed by atoms with Crippen molar-refractivity contribution in [2.45, 2.75) is 44.6 Å². The highest BCUT2D eigenvalue weighted by molar-refractivity contribution is 5.14. The van der Waals surface area contributed by atoms with Crippen LogP contribution in [-0.2, 0) is 0 Å². The fraction of sp³-hybridized carbons (Fsp3) is 1.00. The van der Waals surface area contributed by atoms with Gasteiger partial charge >= 0.3 is 0 Å². The van der Waals surface area contributed by atoms with Crippen LogP contribution in [-0.4, -0.2) is 10.7 Å². The Morgan fingerprint density at radius 2 is 2.11 bits per heavy atom. The molecule has 52 valence electrons. The molecular formula is C8H14O. The van der Waals surface area contributed by atoms with Crippen molar-refractivity contribution in [2.24, 2.45) is 5.41 Å². The highest BCUT2D eigenvalue weighted by atomic mass is 16.3. The van der Waals surface area contributed by atoms with Crippen LogP contribution < -0.4 is 0 Å². The first-order valence-electron chi connectivity index (χ1n) is 4.68. The molecule has 0 heterocycles. The topological polar surface area (TPSA) is 20.2 Å². The van der Waals surface area contributed by atoms with E-state index >= 15 is 0 Å². The summed E-state index contributed by atoms with van der Waals surface area (Å²) in [6.07, 6.45) is 2.22. The maximum Gasteiger partial charge on any atom is 0.0708 e. The minimum atomic E-state index is -1.32. The summed E-state index contributed by atoms with van der Waals surface area (Å²) in [5.41, 5.74) is -1.42. The first-order valence-corrected chi connectivity index (χ1v) is 3.68. The lowest BCUT2D eigenvalue weighted by Crippen LogP contribution is -2.21. The number of fused-ring (bicyclic) bond motifs is 1. The molecule has 0 radical (unpaired) electrons. The predicted molar refractivity (Wildman–Crippen MR) is 36.1 cm³/mol. The molecular weight excluding hydrogens is 112 g/mol. The van der Waals surface area contributed by atoms with Crippen LogP contribution in [0.25, 0.3) is 0 Å². The fourth-order valence-corrected chi connectivity index (χ4v) is 1.89. The molecule has 0 aromatic carbocycles. The molecule has 2 aliphatic carbocycles. The summed E-state index contributed by atoms with van der Waals surface area (Å²) in [5.74, 6) is 0. The Kier molecular flexibility index (Phi) is 0.591. The smallest absolute Gasteiger partial charge is 0.0708 e. The lowest BCUT2D eigenvalue weighted by atomic mass is 9.88. The average molecular weight is 128 g/mol. The Balaban J connectivity index is 2.33. The van der Waals surface area contributed by atoms with Crippen LogP contribution in [0.3, 0.4) is 0 Å². The maximum atomic E-state index is 9.86. The van der Waals surface area contributed by atoms with Crippen molar-refractivity contribution >= 4 is 0 Å². The van der Waals surface area contributed by atoms with Crippen molar-refractivity contribution in [3.63, 3.8) is 0 Å². The highest BCUT2D eigenvalue weighted by Crippen LogP contribution is 2.64. The van der Waals surface area contributed by atoms with Crippen LogP contribution >= 0.6 is 0 Å². The minimum Gasteiger partial charge on any atom is -0.389 e.